The third-order valence-corrected chi connectivity index (χ3v) is 4.64. The molecule has 1 fully saturated rings. The summed E-state index contributed by atoms with van der Waals surface area (Å²) < 4.78 is 0.444. The van der Waals surface area contributed by atoms with Crippen LogP contribution in [0.5, 0.6) is 0 Å². The van der Waals surface area contributed by atoms with Gasteiger partial charge in [0.2, 0.25) is 0 Å². The summed E-state index contributed by atoms with van der Waals surface area (Å²) in [5.74, 6) is 6.01. The molecule has 5 heteroatoms. The average molecular weight is 238 g/mol. The summed E-state index contributed by atoms with van der Waals surface area (Å²) in [6.07, 6.45) is 7.93. The highest BCUT2D eigenvalue weighted by Gasteiger charge is 2.35. The number of pyridine rings is 1. The smallest absolute Gasteiger partial charge is 0.141 e. The lowest BCUT2D eigenvalue weighted by molar-refractivity contribution is 0.380. The Balaban J connectivity index is 1.93. The quantitative estimate of drug-likeness (QED) is 0.541. The molecule has 2 rings (SSSR count). The molecule has 1 aliphatic carbocycles. The van der Waals surface area contributed by atoms with Gasteiger partial charge in [-0.3, -0.25) is 0 Å². The number of thioether (sulfide) groups is 1. The van der Waals surface area contributed by atoms with Crippen LogP contribution >= 0.6 is 11.8 Å². The first kappa shape index (κ1) is 11.5. The highest BCUT2D eigenvalue weighted by molar-refractivity contribution is 8.00. The minimum atomic E-state index is 0.444. The van der Waals surface area contributed by atoms with Crippen LogP contribution in [0, 0.1) is 0 Å². The van der Waals surface area contributed by atoms with Crippen LogP contribution < -0.4 is 16.6 Å². The van der Waals surface area contributed by atoms with Gasteiger partial charge in [0.05, 0.1) is 0 Å². The minimum Gasteiger partial charge on any atom is -0.383 e. The first-order chi connectivity index (χ1) is 7.78. The highest BCUT2D eigenvalue weighted by atomic mass is 32.2. The normalized spacial score (nSPS) is 17.6. The first-order valence-corrected chi connectivity index (χ1v) is 6.72. The van der Waals surface area contributed by atoms with Crippen LogP contribution in [-0.4, -0.2) is 22.5 Å². The van der Waals surface area contributed by atoms with Crippen LogP contribution in [0.1, 0.15) is 19.3 Å². The summed E-state index contributed by atoms with van der Waals surface area (Å²) in [7, 11) is 0. The van der Waals surface area contributed by atoms with Crippen LogP contribution in [0.15, 0.2) is 18.3 Å². The van der Waals surface area contributed by atoms with Gasteiger partial charge in [0.1, 0.15) is 5.82 Å². The molecule has 88 valence electrons. The van der Waals surface area contributed by atoms with Gasteiger partial charge in [-0.25, -0.2) is 10.8 Å². The fourth-order valence-corrected chi connectivity index (χ4v) is 2.82. The second-order valence-corrected chi connectivity index (χ2v) is 5.44. The summed E-state index contributed by atoms with van der Waals surface area (Å²) >= 11 is 1.97. The molecule has 0 saturated heterocycles. The van der Waals surface area contributed by atoms with Crippen molar-refractivity contribution >= 4 is 23.3 Å². The predicted octanol–water partition coefficient (Wildman–Crippen LogP) is 2.06. The standard InChI is InChI=1S/C11H18N4S/c1-16-11(4-2-5-11)8-14-9-3-6-13-10(7-9)15-12/h3,6-7H,2,4-5,8,12H2,1H3,(H2,13,14,15). The summed E-state index contributed by atoms with van der Waals surface area (Å²) in [5.41, 5.74) is 3.62. The Labute approximate surface area is 100 Å². The Kier molecular flexibility index (Phi) is 3.56. The van der Waals surface area contributed by atoms with Gasteiger partial charge in [-0.05, 0) is 25.2 Å². The highest BCUT2D eigenvalue weighted by Crippen LogP contribution is 2.42. The summed E-state index contributed by atoms with van der Waals surface area (Å²) in [6.45, 7) is 1.02. The molecule has 0 atom stereocenters. The van der Waals surface area contributed by atoms with Crippen LogP contribution in [0.25, 0.3) is 0 Å². The van der Waals surface area contributed by atoms with E-state index >= 15 is 0 Å². The van der Waals surface area contributed by atoms with E-state index in [0.717, 1.165) is 12.2 Å². The molecule has 0 aromatic carbocycles. The van der Waals surface area contributed by atoms with E-state index in [9.17, 15) is 0 Å². The molecule has 0 bridgehead atoms. The first-order valence-electron chi connectivity index (χ1n) is 5.50. The third kappa shape index (κ3) is 2.41. The molecule has 1 aliphatic rings. The van der Waals surface area contributed by atoms with E-state index < -0.39 is 0 Å². The predicted molar refractivity (Wildman–Crippen MR) is 70.6 cm³/mol. The number of nitrogens with zero attached hydrogens (tertiary/aromatic N) is 1. The lowest BCUT2D eigenvalue weighted by Gasteiger charge is -2.40. The number of hydrogen-bond acceptors (Lipinski definition) is 5. The van der Waals surface area contributed by atoms with Gasteiger partial charge in [0, 0.05) is 29.2 Å². The zero-order valence-corrected chi connectivity index (χ0v) is 10.3. The molecule has 0 radical (unpaired) electrons. The molecular weight excluding hydrogens is 220 g/mol. The van der Waals surface area contributed by atoms with Crippen molar-refractivity contribution < 1.29 is 0 Å². The Morgan fingerprint density at radius 3 is 2.94 bits per heavy atom. The lowest BCUT2D eigenvalue weighted by atomic mass is 9.84. The SMILES string of the molecule is CSC1(CNc2ccnc(NN)c2)CCC1. The van der Waals surface area contributed by atoms with E-state index in [0.29, 0.717) is 10.6 Å². The summed E-state index contributed by atoms with van der Waals surface area (Å²) in [5, 5.41) is 3.46. The van der Waals surface area contributed by atoms with E-state index in [1.807, 2.05) is 23.9 Å². The fourth-order valence-electron chi connectivity index (χ4n) is 1.91. The molecule has 4 N–H and O–H groups in total. The van der Waals surface area contributed by atoms with E-state index in [-0.39, 0.29) is 0 Å². The Morgan fingerprint density at radius 1 is 1.56 bits per heavy atom. The Morgan fingerprint density at radius 2 is 2.38 bits per heavy atom. The van der Waals surface area contributed by atoms with Crippen LogP contribution in [0.2, 0.25) is 0 Å². The minimum absolute atomic E-state index is 0.444. The fraction of sp³-hybridized carbons (Fsp3) is 0.545. The van der Waals surface area contributed by atoms with E-state index in [1.165, 1.54) is 19.3 Å². The topological polar surface area (TPSA) is 63.0 Å². The molecule has 0 amide bonds. The van der Waals surface area contributed by atoms with Crippen molar-refractivity contribution in [2.75, 3.05) is 23.5 Å². The zero-order valence-electron chi connectivity index (χ0n) is 9.49. The number of nitrogens with two attached hydrogens (primary N) is 1. The molecule has 1 heterocycles. The van der Waals surface area contributed by atoms with E-state index in [4.69, 9.17) is 5.84 Å². The van der Waals surface area contributed by atoms with Crippen molar-refractivity contribution in [3.05, 3.63) is 18.3 Å². The van der Waals surface area contributed by atoms with Crippen LogP contribution in [0.3, 0.4) is 0 Å². The Bertz CT molecular complexity index is 346. The molecule has 1 aromatic heterocycles. The monoisotopic (exact) mass is 238 g/mol. The molecule has 16 heavy (non-hydrogen) atoms. The molecule has 0 spiro atoms. The molecular formula is C11H18N4S. The maximum atomic E-state index is 5.32. The number of hydrazine groups is 1. The molecule has 0 unspecified atom stereocenters. The van der Waals surface area contributed by atoms with Crippen molar-refractivity contribution in [3.63, 3.8) is 0 Å². The van der Waals surface area contributed by atoms with Gasteiger partial charge in [-0.1, -0.05) is 6.42 Å². The number of nitrogen functional groups attached to an aromatic ring is 1. The zero-order chi connectivity index (χ0) is 11.4. The van der Waals surface area contributed by atoms with Crippen molar-refractivity contribution in [2.45, 2.75) is 24.0 Å². The van der Waals surface area contributed by atoms with Crippen LogP contribution in [0.4, 0.5) is 11.5 Å². The van der Waals surface area contributed by atoms with Gasteiger partial charge in [-0.2, -0.15) is 11.8 Å². The number of aromatic nitrogens is 1. The van der Waals surface area contributed by atoms with Gasteiger partial charge < -0.3 is 10.7 Å². The summed E-state index contributed by atoms with van der Waals surface area (Å²) in [4.78, 5) is 4.08. The number of hydrogen-bond donors (Lipinski definition) is 3. The second kappa shape index (κ2) is 4.93. The van der Waals surface area contributed by atoms with Gasteiger partial charge in [-0.15, -0.1) is 0 Å². The van der Waals surface area contributed by atoms with Gasteiger partial charge in [0.25, 0.3) is 0 Å². The van der Waals surface area contributed by atoms with E-state index in [1.54, 1.807) is 6.20 Å². The number of anilines is 2. The maximum absolute atomic E-state index is 5.32. The molecule has 1 aromatic rings. The lowest BCUT2D eigenvalue weighted by Crippen LogP contribution is -2.40. The largest absolute Gasteiger partial charge is 0.383 e. The van der Waals surface area contributed by atoms with Crippen molar-refractivity contribution in [2.24, 2.45) is 5.84 Å². The number of nitrogens with one attached hydrogen (secondary N) is 2. The number of rotatable bonds is 5. The maximum Gasteiger partial charge on any atom is 0.141 e. The molecule has 4 nitrogen and oxygen atoms in total. The molecule has 0 aliphatic heterocycles. The second-order valence-electron chi connectivity index (χ2n) is 4.17. The third-order valence-electron chi connectivity index (χ3n) is 3.22. The average Bonchev–Trinajstić information content (AvgIpc) is 2.29. The Hall–Kier alpha value is -0.940. The van der Waals surface area contributed by atoms with Gasteiger partial charge in [0.15, 0.2) is 0 Å². The van der Waals surface area contributed by atoms with E-state index in [2.05, 4.69) is 22.0 Å². The van der Waals surface area contributed by atoms with Crippen molar-refractivity contribution in [1.82, 2.24) is 4.98 Å². The molecule has 1 saturated carbocycles. The van der Waals surface area contributed by atoms with Crippen LogP contribution in [-0.2, 0) is 0 Å². The van der Waals surface area contributed by atoms with Crippen molar-refractivity contribution in [1.29, 1.82) is 0 Å². The van der Waals surface area contributed by atoms with Gasteiger partial charge >= 0.3 is 0 Å². The summed E-state index contributed by atoms with van der Waals surface area (Å²) in [6, 6.07) is 3.89. The van der Waals surface area contributed by atoms with Crippen molar-refractivity contribution in [3.8, 4) is 0 Å².